The molecule has 2 N–H and O–H groups in total. The Morgan fingerprint density at radius 2 is 2.04 bits per heavy atom. The molecule has 0 saturated heterocycles. The predicted molar refractivity (Wildman–Crippen MR) is 102 cm³/mol. The highest BCUT2D eigenvalue weighted by Gasteiger charge is 2.23. The van der Waals surface area contributed by atoms with Crippen LogP contribution < -0.4 is 10.6 Å². The number of para-hydroxylation sites is 2. The molecule has 2 aromatic heterocycles. The maximum Gasteiger partial charge on any atom is 0.224 e. The minimum Gasteiger partial charge on any atom is -0.350 e. The van der Waals surface area contributed by atoms with E-state index in [0.717, 1.165) is 16.9 Å². The third-order valence-electron chi connectivity index (χ3n) is 4.42. The highest BCUT2D eigenvalue weighted by atomic mass is 15.5. The Labute approximate surface area is 155 Å². The highest BCUT2D eigenvalue weighted by Crippen LogP contribution is 2.35. The number of fused-ring (bicyclic) bond motifs is 5. The van der Waals surface area contributed by atoms with Crippen LogP contribution in [-0.2, 0) is 6.54 Å². The maximum atomic E-state index is 4.65. The van der Waals surface area contributed by atoms with E-state index in [1.54, 1.807) is 10.9 Å². The molecule has 0 saturated carbocycles. The standard InChI is InChI=1S/C19H16N8/c1-12-5-4-6-13(9-12)10-20-19-21-11-14-17(23-19)22-15-7-2-3-8-16(15)27-18(14)24-25-26-27/h2-9,11H,10H2,1H3,(H2,20,21,22,23). The second kappa shape index (κ2) is 6.17. The van der Waals surface area contributed by atoms with E-state index in [-0.39, 0.29) is 0 Å². The van der Waals surface area contributed by atoms with Crippen LogP contribution in [0.2, 0.25) is 0 Å². The molecule has 8 nitrogen and oxygen atoms in total. The average molecular weight is 356 g/mol. The summed E-state index contributed by atoms with van der Waals surface area (Å²) in [7, 11) is 0. The number of anilines is 3. The van der Waals surface area contributed by atoms with Gasteiger partial charge in [-0.2, -0.15) is 9.67 Å². The van der Waals surface area contributed by atoms with Gasteiger partial charge in [0, 0.05) is 12.7 Å². The third-order valence-corrected chi connectivity index (χ3v) is 4.42. The molecule has 0 aliphatic carbocycles. The van der Waals surface area contributed by atoms with Crippen LogP contribution in [0.4, 0.5) is 17.5 Å². The van der Waals surface area contributed by atoms with Gasteiger partial charge in [-0.15, -0.1) is 5.10 Å². The molecule has 0 atom stereocenters. The topological polar surface area (TPSA) is 93.4 Å². The van der Waals surface area contributed by atoms with Gasteiger partial charge in [-0.3, -0.25) is 0 Å². The molecule has 5 rings (SSSR count). The summed E-state index contributed by atoms with van der Waals surface area (Å²) >= 11 is 0. The molecule has 0 amide bonds. The van der Waals surface area contributed by atoms with Crippen molar-refractivity contribution in [2.24, 2.45) is 0 Å². The molecule has 0 spiro atoms. The summed E-state index contributed by atoms with van der Waals surface area (Å²) in [5, 5.41) is 18.7. The van der Waals surface area contributed by atoms with Crippen molar-refractivity contribution in [3.05, 3.63) is 65.9 Å². The lowest BCUT2D eigenvalue weighted by atomic mass is 10.1. The number of nitrogens with zero attached hydrogens (tertiary/aromatic N) is 6. The van der Waals surface area contributed by atoms with Gasteiger partial charge in [0.15, 0.2) is 5.82 Å². The zero-order valence-electron chi connectivity index (χ0n) is 14.6. The number of aryl methyl sites for hydroxylation is 1. The summed E-state index contributed by atoms with van der Waals surface area (Å²) in [5.41, 5.74) is 4.90. The van der Waals surface area contributed by atoms with E-state index >= 15 is 0 Å². The first-order valence-corrected chi connectivity index (χ1v) is 8.59. The molecule has 27 heavy (non-hydrogen) atoms. The van der Waals surface area contributed by atoms with E-state index in [4.69, 9.17) is 0 Å². The second-order valence-corrected chi connectivity index (χ2v) is 6.35. The number of tetrazole rings is 1. The molecule has 1 aliphatic heterocycles. The summed E-state index contributed by atoms with van der Waals surface area (Å²) in [6.45, 7) is 2.72. The van der Waals surface area contributed by atoms with Crippen LogP contribution >= 0.6 is 0 Å². The van der Waals surface area contributed by atoms with Crippen LogP contribution in [0, 0.1) is 6.92 Å². The maximum absolute atomic E-state index is 4.65. The molecule has 0 radical (unpaired) electrons. The van der Waals surface area contributed by atoms with Gasteiger partial charge in [0.25, 0.3) is 0 Å². The Bertz CT molecular complexity index is 1130. The summed E-state index contributed by atoms with van der Waals surface area (Å²) in [4.78, 5) is 9.09. The third kappa shape index (κ3) is 2.77. The van der Waals surface area contributed by atoms with E-state index in [2.05, 4.69) is 61.2 Å². The number of nitrogens with one attached hydrogen (secondary N) is 2. The van der Waals surface area contributed by atoms with Crippen LogP contribution in [0.15, 0.2) is 54.7 Å². The summed E-state index contributed by atoms with van der Waals surface area (Å²) in [6, 6.07) is 16.2. The van der Waals surface area contributed by atoms with Gasteiger partial charge in [0.2, 0.25) is 5.95 Å². The van der Waals surface area contributed by atoms with Crippen LogP contribution in [0.25, 0.3) is 17.1 Å². The van der Waals surface area contributed by atoms with Gasteiger partial charge in [-0.25, -0.2) is 4.98 Å². The van der Waals surface area contributed by atoms with Crippen molar-refractivity contribution in [3.8, 4) is 17.1 Å². The molecule has 2 aromatic carbocycles. The highest BCUT2D eigenvalue weighted by molar-refractivity contribution is 5.81. The van der Waals surface area contributed by atoms with Crippen molar-refractivity contribution < 1.29 is 0 Å². The molecular formula is C19H16N8. The SMILES string of the molecule is Cc1cccc(CNc2ncc3c(n2)Nc2ccccc2-n2nnnc2-3)c1. The summed E-state index contributed by atoms with van der Waals surface area (Å²) < 4.78 is 1.69. The number of hydrogen-bond donors (Lipinski definition) is 2. The van der Waals surface area contributed by atoms with E-state index in [1.165, 1.54) is 11.1 Å². The molecule has 0 fully saturated rings. The average Bonchev–Trinajstić information content (AvgIpc) is 3.12. The van der Waals surface area contributed by atoms with E-state index in [1.807, 2.05) is 30.3 Å². The largest absolute Gasteiger partial charge is 0.350 e. The molecule has 1 aliphatic rings. The Hall–Kier alpha value is -3.81. The van der Waals surface area contributed by atoms with Crippen molar-refractivity contribution in [1.29, 1.82) is 0 Å². The Morgan fingerprint density at radius 3 is 2.96 bits per heavy atom. The van der Waals surface area contributed by atoms with Crippen molar-refractivity contribution in [2.45, 2.75) is 13.5 Å². The molecular weight excluding hydrogens is 340 g/mol. The summed E-state index contributed by atoms with van der Waals surface area (Å²) in [6.07, 6.45) is 1.74. The van der Waals surface area contributed by atoms with Crippen LogP contribution in [0.3, 0.4) is 0 Å². The van der Waals surface area contributed by atoms with Crippen molar-refractivity contribution in [2.75, 3.05) is 10.6 Å². The first-order chi connectivity index (χ1) is 13.3. The lowest BCUT2D eigenvalue weighted by Crippen LogP contribution is -2.06. The van der Waals surface area contributed by atoms with Crippen LogP contribution in [0.1, 0.15) is 11.1 Å². The fourth-order valence-corrected chi connectivity index (χ4v) is 3.14. The van der Waals surface area contributed by atoms with Crippen molar-refractivity contribution >= 4 is 17.5 Å². The molecule has 0 unspecified atom stereocenters. The first-order valence-electron chi connectivity index (χ1n) is 8.59. The first kappa shape index (κ1) is 15.4. The molecule has 3 heterocycles. The minimum atomic E-state index is 0.543. The van der Waals surface area contributed by atoms with Gasteiger partial charge in [0.1, 0.15) is 5.82 Å². The smallest absolute Gasteiger partial charge is 0.224 e. The Balaban J connectivity index is 1.50. The van der Waals surface area contributed by atoms with Gasteiger partial charge in [-0.05, 0) is 35.0 Å². The Kier molecular flexibility index (Phi) is 3.53. The van der Waals surface area contributed by atoms with Crippen LogP contribution in [-0.4, -0.2) is 30.2 Å². The number of hydrogen-bond acceptors (Lipinski definition) is 7. The predicted octanol–water partition coefficient (Wildman–Crippen LogP) is 3.10. The van der Waals surface area contributed by atoms with Crippen LogP contribution in [0.5, 0.6) is 0 Å². The fourth-order valence-electron chi connectivity index (χ4n) is 3.14. The van der Waals surface area contributed by atoms with E-state index in [0.29, 0.717) is 24.1 Å². The minimum absolute atomic E-state index is 0.543. The normalized spacial score (nSPS) is 11.6. The number of rotatable bonds is 3. The fraction of sp³-hybridized carbons (Fsp3) is 0.105. The van der Waals surface area contributed by atoms with Crippen molar-refractivity contribution in [1.82, 2.24) is 30.2 Å². The molecule has 8 heteroatoms. The zero-order valence-corrected chi connectivity index (χ0v) is 14.6. The monoisotopic (exact) mass is 356 g/mol. The molecule has 0 bridgehead atoms. The Morgan fingerprint density at radius 1 is 1.11 bits per heavy atom. The quantitative estimate of drug-likeness (QED) is 0.513. The van der Waals surface area contributed by atoms with Crippen molar-refractivity contribution in [3.63, 3.8) is 0 Å². The van der Waals surface area contributed by atoms with Gasteiger partial charge in [-0.1, -0.05) is 42.0 Å². The van der Waals surface area contributed by atoms with Gasteiger partial charge in [0.05, 0.1) is 16.9 Å². The lowest BCUT2D eigenvalue weighted by Gasteiger charge is -2.10. The molecule has 132 valence electrons. The second-order valence-electron chi connectivity index (χ2n) is 6.35. The van der Waals surface area contributed by atoms with Gasteiger partial charge < -0.3 is 10.6 Å². The van der Waals surface area contributed by atoms with E-state index in [9.17, 15) is 0 Å². The zero-order chi connectivity index (χ0) is 18.2. The number of aromatic nitrogens is 6. The molecule has 4 aromatic rings. The number of benzene rings is 2. The summed E-state index contributed by atoms with van der Waals surface area (Å²) in [5.74, 6) is 1.81. The lowest BCUT2D eigenvalue weighted by molar-refractivity contribution is 0.793. The van der Waals surface area contributed by atoms with E-state index < -0.39 is 0 Å². The van der Waals surface area contributed by atoms with Gasteiger partial charge >= 0.3 is 0 Å².